The van der Waals surface area contributed by atoms with E-state index in [2.05, 4.69) is 49.4 Å². The maximum absolute atomic E-state index is 12.2. The third-order valence-corrected chi connectivity index (χ3v) is 5.10. The number of aromatic nitrogens is 2. The zero-order chi connectivity index (χ0) is 18.5. The molecule has 3 rings (SSSR count). The Balaban J connectivity index is 1.55. The van der Waals surface area contributed by atoms with Crippen LogP contribution in [-0.4, -0.2) is 40.2 Å². The van der Waals surface area contributed by atoms with Crippen LogP contribution >= 0.6 is 0 Å². The van der Waals surface area contributed by atoms with Crippen molar-refractivity contribution < 1.29 is 4.79 Å². The molecule has 0 unspecified atom stereocenters. The highest BCUT2D eigenvalue weighted by molar-refractivity contribution is 5.76. The van der Waals surface area contributed by atoms with Gasteiger partial charge in [0, 0.05) is 37.9 Å². The lowest BCUT2D eigenvalue weighted by Crippen LogP contribution is -2.40. The molecule has 0 radical (unpaired) electrons. The fourth-order valence-corrected chi connectivity index (χ4v) is 3.55. The summed E-state index contributed by atoms with van der Waals surface area (Å²) in [6.07, 6.45) is 4.63. The molecule has 0 saturated carbocycles. The van der Waals surface area contributed by atoms with Gasteiger partial charge in [0.2, 0.25) is 5.91 Å². The Kier molecular flexibility index (Phi) is 5.96. The minimum atomic E-state index is 0.311. The number of hydrogen-bond donors (Lipinski definition) is 1. The second-order valence-corrected chi connectivity index (χ2v) is 7.70. The number of nitrogens with one attached hydrogen (secondary N) is 1. The third kappa shape index (κ3) is 4.45. The van der Waals surface area contributed by atoms with Gasteiger partial charge in [-0.25, -0.2) is 4.68 Å². The van der Waals surface area contributed by atoms with Crippen LogP contribution in [0.1, 0.15) is 38.8 Å². The summed E-state index contributed by atoms with van der Waals surface area (Å²) >= 11 is 0. The second-order valence-electron chi connectivity index (χ2n) is 7.70. The van der Waals surface area contributed by atoms with Crippen molar-refractivity contribution in [3.8, 4) is 5.69 Å². The zero-order valence-corrected chi connectivity index (χ0v) is 16.1. The molecule has 1 fully saturated rings. The Morgan fingerprint density at radius 2 is 1.96 bits per heavy atom. The SMILES string of the molecule is Cc1ccnn1-c1ccccc1NCC1CCN(C(=O)CC(C)C)CC1. The quantitative estimate of drug-likeness (QED) is 0.856. The van der Waals surface area contributed by atoms with Gasteiger partial charge >= 0.3 is 0 Å². The maximum atomic E-state index is 12.2. The summed E-state index contributed by atoms with van der Waals surface area (Å²) in [5.41, 5.74) is 3.31. The average Bonchev–Trinajstić information content (AvgIpc) is 3.06. The van der Waals surface area contributed by atoms with E-state index in [4.69, 9.17) is 0 Å². The van der Waals surface area contributed by atoms with Crippen LogP contribution in [-0.2, 0) is 4.79 Å². The van der Waals surface area contributed by atoms with E-state index in [1.165, 1.54) is 0 Å². The number of hydrogen-bond acceptors (Lipinski definition) is 3. The lowest BCUT2D eigenvalue weighted by Gasteiger charge is -2.33. The number of anilines is 1. The molecule has 5 nitrogen and oxygen atoms in total. The second kappa shape index (κ2) is 8.39. The van der Waals surface area contributed by atoms with Crippen molar-refractivity contribution in [3.63, 3.8) is 0 Å². The summed E-state index contributed by atoms with van der Waals surface area (Å²) in [7, 11) is 0. The van der Waals surface area contributed by atoms with Gasteiger partial charge < -0.3 is 10.2 Å². The number of amides is 1. The summed E-state index contributed by atoms with van der Waals surface area (Å²) in [5.74, 6) is 1.35. The predicted octanol–water partition coefficient (Wildman–Crippen LogP) is 3.88. The molecule has 1 amide bonds. The summed E-state index contributed by atoms with van der Waals surface area (Å²) in [5, 5.41) is 8.04. The molecule has 26 heavy (non-hydrogen) atoms. The Morgan fingerprint density at radius 1 is 1.23 bits per heavy atom. The molecule has 1 saturated heterocycles. The largest absolute Gasteiger partial charge is 0.383 e. The summed E-state index contributed by atoms with van der Waals surface area (Å²) in [6.45, 7) is 8.98. The Bertz CT molecular complexity index is 729. The fourth-order valence-electron chi connectivity index (χ4n) is 3.55. The van der Waals surface area contributed by atoms with Crippen LogP contribution in [0.15, 0.2) is 36.5 Å². The van der Waals surface area contributed by atoms with E-state index in [0.717, 1.165) is 49.5 Å². The molecule has 1 aromatic carbocycles. The van der Waals surface area contributed by atoms with E-state index < -0.39 is 0 Å². The Hall–Kier alpha value is -2.30. The van der Waals surface area contributed by atoms with Gasteiger partial charge in [-0.15, -0.1) is 0 Å². The highest BCUT2D eigenvalue weighted by atomic mass is 16.2. The molecule has 1 aliphatic heterocycles. The van der Waals surface area contributed by atoms with E-state index in [1.54, 1.807) is 0 Å². The first-order chi connectivity index (χ1) is 12.5. The lowest BCUT2D eigenvalue weighted by molar-refractivity contribution is -0.133. The van der Waals surface area contributed by atoms with Crippen LogP contribution in [0.25, 0.3) is 5.69 Å². The van der Waals surface area contributed by atoms with Gasteiger partial charge in [0.15, 0.2) is 0 Å². The summed E-state index contributed by atoms with van der Waals surface area (Å²) < 4.78 is 1.97. The molecule has 1 N–H and O–H groups in total. The lowest BCUT2D eigenvalue weighted by atomic mass is 9.96. The van der Waals surface area contributed by atoms with Crippen molar-refractivity contribution in [2.45, 2.75) is 40.0 Å². The van der Waals surface area contributed by atoms with E-state index in [0.29, 0.717) is 24.2 Å². The van der Waals surface area contributed by atoms with Crippen LogP contribution in [0, 0.1) is 18.8 Å². The summed E-state index contributed by atoms with van der Waals surface area (Å²) in [6, 6.07) is 10.3. The van der Waals surface area contributed by atoms with Gasteiger partial charge in [0.1, 0.15) is 0 Å². The van der Waals surface area contributed by atoms with E-state index >= 15 is 0 Å². The van der Waals surface area contributed by atoms with Crippen molar-refractivity contribution in [1.82, 2.24) is 14.7 Å². The predicted molar refractivity (Wildman–Crippen MR) is 106 cm³/mol. The molecule has 2 aromatic rings. The molecule has 0 bridgehead atoms. The number of rotatable bonds is 6. The van der Waals surface area contributed by atoms with Crippen molar-refractivity contribution in [2.24, 2.45) is 11.8 Å². The number of carbonyl (C=O) groups is 1. The molecule has 140 valence electrons. The van der Waals surface area contributed by atoms with Gasteiger partial charge in [-0.05, 0) is 49.8 Å². The van der Waals surface area contributed by atoms with Crippen molar-refractivity contribution in [2.75, 3.05) is 25.0 Å². The number of nitrogens with zero attached hydrogens (tertiary/aromatic N) is 3. The maximum Gasteiger partial charge on any atom is 0.222 e. The van der Waals surface area contributed by atoms with Crippen LogP contribution in [0.4, 0.5) is 5.69 Å². The highest BCUT2D eigenvalue weighted by Gasteiger charge is 2.23. The van der Waals surface area contributed by atoms with E-state index in [1.807, 2.05) is 27.9 Å². The molecular weight excluding hydrogens is 324 g/mol. The molecule has 2 heterocycles. The molecule has 0 aliphatic carbocycles. The smallest absolute Gasteiger partial charge is 0.222 e. The molecular formula is C21H30N4O. The monoisotopic (exact) mass is 354 g/mol. The molecule has 1 aliphatic rings. The summed E-state index contributed by atoms with van der Waals surface area (Å²) in [4.78, 5) is 14.2. The van der Waals surface area contributed by atoms with E-state index in [9.17, 15) is 4.79 Å². The third-order valence-electron chi connectivity index (χ3n) is 5.10. The first-order valence-corrected chi connectivity index (χ1v) is 9.66. The van der Waals surface area contributed by atoms with Gasteiger partial charge in [-0.2, -0.15) is 5.10 Å². The normalized spacial score (nSPS) is 15.5. The number of carbonyl (C=O) groups excluding carboxylic acids is 1. The van der Waals surface area contributed by atoms with Crippen LogP contribution in [0.5, 0.6) is 0 Å². The van der Waals surface area contributed by atoms with Crippen LogP contribution < -0.4 is 5.32 Å². The molecule has 0 spiro atoms. The van der Waals surface area contributed by atoms with Crippen molar-refractivity contribution in [3.05, 3.63) is 42.2 Å². The Labute approximate surface area is 156 Å². The standard InChI is InChI=1S/C21H30N4O/c1-16(2)14-21(26)24-12-9-18(10-13-24)15-22-19-6-4-5-7-20(19)25-17(3)8-11-23-25/h4-8,11,16,18,22H,9-10,12-15H2,1-3H3. The number of benzene rings is 1. The average molecular weight is 354 g/mol. The molecule has 0 atom stereocenters. The highest BCUT2D eigenvalue weighted by Crippen LogP contribution is 2.23. The van der Waals surface area contributed by atoms with E-state index in [-0.39, 0.29) is 0 Å². The molecule has 5 heteroatoms. The fraction of sp³-hybridized carbons (Fsp3) is 0.524. The molecule has 1 aromatic heterocycles. The number of piperidine rings is 1. The first-order valence-electron chi connectivity index (χ1n) is 9.66. The van der Waals surface area contributed by atoms with Gasteiger partial charge in [-0.3, -0.25) is 4.79 Å². The first kappa shape index (κ1) is 18.5. The number of aryl methyl sites for hydroxylation is 1. The Morgan fingerprint density at radius 3 is 2.62 bits per heavy atom. The zero-order valence-electron chi connectivity index (χ0n) is 16.1. The van der Waals surface area contributed by atoms with Crippen LogP contribution in [0.3, 0.4) is 0 Å². The van der Waals surface area contributed by atoms with Crippen molar-refractivity contribution in [1.29, 1.82) is 0 Å². The number of likely N-dealkylation sites (tertiary alicyclic amines) is 1. The van der Waals surface area contributed by atoms with Crippen molar-refractivity contribution >= 4 is 11.6 Å². The van der Waals surface area contributed by atoms with Gasteiger partial charge in [0.05, 0.1) is 11.4 Å². The minimum Gasteiger partial charge on any atom is -0.383 e. The topological polar surface area (TPSA) is 50.2 Å². The van der Waals surface area contributed by atoms with Gasteiger partial charge in [0.25, 0.3) is 0 Å². The van der Waals surface area contributed by atoms with Crippen LogP contribution in [0.2, 0.25) is 0 Å². The van der Waals surface area contributed by atoms with Gasteiger partial charge in [-0.1, -0.05) is 26.0 Å². The number of para-hydroxylation sites is 2. The minimum absolute atomic E-state index is 0.311.